The molecule has 1 aromatic carbocycles. The molecule has 0 unspecified atom stereocenters. The average molecular weight is 434 g/mol. The van der Waals surface area contributed by atoms with Crippen LogP contribution in [0.15, 0.2) is 18.2 Å². The van der Waals surface area contributed by atoms with E-state index in [4.69, 9.17) is 0 Å². The average Bonchev–Trinajstić information content (AvgIpc) is 2.46. The first kappa shape index (κ1) is 19.4. The Hall–Kier alpha value is 0.397. The van der Waals surface area contributed by atoms with E-state index in [-0.39, 0.29) is 9.52 Å². The topological polar surface area (TPSA) is 0 Å². The lowest BCUT2D eigenvalue weighted by Gasteiger charge is -2.25. The maximum Gasteiger partial charge on any atom is 0.0608 e. The summed E-state index contributed by atoms with van der Waals surface area (Å²) in [5.74, 6) is 0. The van der Waals surface area contributed by atoms with Crippen molar-refractivity contribution >= 4 is 46.6 Å². The summed E-state index contributed by atoms with van der Waals surface area (Å²) < 4.78 is 0. The number of hydrogen-bond donors (Lipinski definition) is 0. The zero-order valence-electron chi connectivity index (χ0n) is 13.9. The first-order valence-corrected chi connectivity index (χ1v) is 11.9. The second-order valence-electron chi connectivity index (χ2n) is 6.88. The quantitative estimate of drug-likeness (QED) is 0.247. The van der Waals surface area contributed by atoms with Crippen molar-refractivity contribution in [3.8, 4) is 0 Å². The van der Waals surface area contributed by atoms with Crippen LogP contribution in [-0.2, 0) is 10.7 Å². The summed E-state index contributed by atoms with van der Waals surface area (Å²) in [6, 6.07) is 7.00. The van der Waals surface area contributed by atoms with E-state index in [0.717, 1.165) is 10.7 Å². The molecular formula is C18H30Br2Si. The summed E-state index contributed by atoms with van der Waals surface area (Å²) in [5, 5.41) is 4.15. The van der Waals surface area contributed by atoms with Gasteiger partial charge in [0.1, 0.15) is 0 Å². The van der Waals surface area contributed by atoms with E-state index in [1.165, 1.54) is 49.7 Å². The molecule has 1 aromatic rings. The van der Waals surface area contributed by atoms with Crippen molar-refractivity contribution in [3.05, 3.63) is 29.3 Å². The highest BCUT2D eigenvalue weighted by atomic mass is 79.9. The second-order valence-corrected chi connectivity index (χ2v) is 11.0. The zero-order chi connectivity index (χ0) is 15.7. The third-order valence-corrected chi connectivity index (χ3v) is 7.80. The minimum Gasteiger partial charge on any atom is -0.0876 e. The van der Waals surface area contributed by atoms with Crippen LogP contribution in [-0.4, -0.2) is 9.52 Å². The van der Waals surface area contributed by atoms with E-state index in [2.05, 4.69) is 70.8 Å². The molecule has 120 valence electrons. The van der Waals surface area contributed by atoms with Crippen molar-refractivity contribution < 1.29 is 0 Å². The van der Waals surface area contributed by atoms with Gasteiger partial charge in [0.2, 0.25) is 0 Å². The molecule has 0 aliphatic heterocycles. The van der Waals surface area contributed by atoms with Gasteiger partial charge in [0, 0.05) is 10.7 Å². The first-order chi connectivity index (χ1) is 10.0. The van der Waals surface area contributed by atoms with Gasteiger partial charge in [-0.2, -0.15) is 0 Å². The van der Waals surface area contributed by atoms with E-state index in [9.17, 15) is 0 Å². The lowest BCUT2D eigenvalue weighted by Crippen LogP contribution is -2.28. The molecule has 0 aromatic heterocycles. The zero-order valence-corrected chi connectivity index (χ0v) is 18.4. The van der Waals surface area contributed by atoms with Gasteiger partial charge in [0.15, 0.2) is 0 Å². The largest absolute Gasteiger partial charge is 0.0876 e. The predicted octanol–water partition coefficient (Wildman–Crippen LogP) is 5.83. The minimum absolute atomic E-state index is 0.244. The highest BCUT2D eigenvalue weighted by Crippen LogP contribution is 2.30. The molecule has 3 heteroatoms. The van der Waals surface area contributed by atoms with E-state index in [1.807, 2.05) is 0 Å². The van der Waals surface area contributed by atoms with Gasteiger partial charge in [-0.05, 0) is 16.2 Å². The number of unbranched alkanes of at least 4 members (excludes halogenated alkanes) is 4. The Bertz CT molecular complexity index is 416. The molecule has 0 aliphatic rings. The number of benzene rings is 1. The van der Waals surface area contributed by atoms with Crippen molar-refractivity contribution in [1.82, 2.24) is 0 Å². The van der Waals surface area contributed by atoms with Crippen LogP contribution >= 0.6 is 31.9 Å². The number of alkyl halides is 2. The molecule has 0 saturated heterocycles. The third kappa shape index (κ3) is 7.47. The molecule has 0 saturated carbocycles. The molecular weight excluding hydrogens is 404 g/mol. The summed E-state index contributed by atoms with van der Waals surface area (Å²) in [6.45, 7) is 7.26. The van der Waals surface area contributed by atoms with Crippen molar-refractivity contribution in [2.24, 2.45) is 0 Å². The Morgan fingerprint density at radius 3 is 2.33 bits per heavy atom. The molecule has 1 rings (SSSR count). The molecule has 0 fully saturated rings. The van der Waals surface area contributed by atoms with E-state index < -0.39 is 0 Å². The highest BCUT2D eigenvalue weighted by Gasteiger charge is 2.20. The van der Waals surface area contributed by atoms with Gasteiger partial charge >= 0.3 is 0 Å². The molecule has 0 spiro atoms. The van der Waals surface area contributed by atoms with E-state index in [1.54, 1.807) is 5.19 Å². The summed E-state index contributed by atoms with van der Waals surface area (Å²) in [6.07, 6.45) is 8.37. The maximum absolute atomic E-state index is 3.65. The summed E-state index contributed by atoms with van der Waals surface area (Å²) in [5.41, 5.74) is 2.92. The van der Waals surface area contributed by atoms with E-state index in [0.29, 0.717) is 5.04 Å². The summed E-state index contributed by atoms with van der Waals surface area (Å²) in [7, 11) is -0.244. The lowest BCUT2D eigenvalue weighted by atomic mass is 10.0. The predicted molar refractivity (Wildman–Crippen MR) is 107 cm³/mol. The standard InChI is InChI=1S/C18H30Br2Si/c1-4-5-6-7-8-11-18(2,3)21-17-12-15(13-19)9-10-16(17)14-20/h9-10,12H,4-8,11,13-14,21H2,1-3H3. The Kier molecular flexibility index (Phi) is 9.47. The fourth-order valence-corrected chi connectivity index (χ4v) is 6.42. The van der Waals surface area contributed by atoms with Gasteiger partial charge in [-0.1, -0.05) is 115 Å². The fourth-order valence-electron chi connectivity index (χ4n) is 2.87. The molecule has 0 atom stereocenters. The van der Waals surface area contributed by atoms with Crippen LogP contribution in [0.3, 0.4) is 0 Å². The molecule has 0 heterocycles. The Labute approximate surface area is 150 Å². The smallest absolute Gasteiger partial charge is 0.0608 e. The van der Waals surface area contributed by atoms with Crippen LogP contribution in [0.5, 0.6) is 0 Å². The van der Waals surface area contributed by atoms with Gasteiger partial charge in [-0.3, -0.25) is 0 Å². The van der Waals surface area contributed by atoms with Gasteiger partial charge in [-0.25, -0.2) is 0 Å². The number of hydrogen-bond acceptors (Lipinski definition) is 0. The van der Waals surface area contributed by atoms with Crippen LogP contribution < -0.4 is 5.19 Å². The molecule has 0 nitrogen and oxygen atoms in total. The maximum atomic E-state index is 3.65. The summed E-state index contributed by atoms with van der Waals surface area (Å²) in [4.78, 5) is 0. The number of rotatable bonds is 10. The van der Waals surface area contributed by atoms with Gasteiger partial charge in [0.05, 0.1) is 9.52 Å². The Balaban J connectivity index is 2.60. The van der Waals surface area contributed by atoms with Gasteiger partial charge in [-0.15, -0.1) is 0 Å². The highest BCUT2D eigenvalue weighted by molar-refractivity contribution is 9.08. The monoisotopic (exact) mass is 432 g/mol. The van der Waals surface area contributed by atoms with Crippen molar-refractivity contribution in [2.75, 3.05) is 0 Å². The van der Waals surface area contributed by atoms with Crippen molar-refractivity contribution in [1.29, 1.82) is 0 Å². The molecule has 0 aliphatic carbocycles. The van der Waals surface area contributed by atoms with Crippen molar-refractivity contribution in [2.45, 2.75) is 75.0 Å². The van der Waals surface area contributed by atoms with Crippen LogP contribution in [0.1, 0.15) is 70.4 Å². The van der Waals surface area contributed by atoms with Crippen molar-refractivity contribution in [3.63, 3.8) is 0 Å². The molecule has 0 N–H and O–H groups in total. The lowest BCUT2D eigenvalue weighted by molar-refractivity contribution is 0.531. The number of halogens is 2. The van der Waals surface area contributed by atoms with Crippen LogP contribution in [0.2, 0.25) is 5.04 Å². The SMILES string of the molecule is CCCCCCCC(C)(C)[SiH2]c1cc(CBr)ccc1CBr. The fraction of sp³-hybridized carbons (Fsp3) is 0.667. The first-order valence-electron chi connectivity index (χ1n) is 8.25. The van der Waals surface area contributed by atoms with Gasteiger partial charge in [0.25, 0.3) is 0 Å². The van der Waals surface area contributed by atoms with Gasteiger partial charge < -0.3 is 0 Å². The molecule has 0 radical (unpaired) electrons. The van der Waals surface area contributed by atoms with Crippen LogP contribution in [0, 0.1) is 0 Å². The van der Waals surface area contributed by atoms with E-state index >= 15 is 0 Å². The Morgan fingerprint density at radius 2 is 1.71 bits per heavy atom. The van der Waals surface area contributed by atoms with Crippen LogP contribution in [0.25, 0.3) is 0 Å². The Morgan fingerprint density at radius 1 is 1.00 bits per heavy atom. The molecule has 21 heavy (non-hydrogen) atoms. The third-order valence-electron chi connectivity index (χ3n) is 4.20. The minimum atomic E-state index is -0.244. The second kappa shape index (κ2) is 10.2. The van der Waals surface area contributed by atoms with Crippen LogP contribution in [0.4, 0.5) is 0 Å². The molecule has 0 amide bonds. The normalized spacial score (nSPS) is 12.4. The summed E-state index contributed by atoms with van der Waals surface area (Å²) >= 11 is 7.24. The molecule has 0 bridgehead atoms.